The van der Waals surface area contributed by atoms with Crippen molar-refractivity contribution in [2.45, 2.75) is 32.6 Å². The van der Waals surface area contributed by atoms with E-state index in [1.165, 1.54) is 35.2 Å². The van der Waals surface area contributed by atoms with Crippen LogP contribution < -0.4 is 15.8 Å². The Morgan fingerprint density at radius 3 is 2.57 bits per heavy atom. The number of nitrogens with two attached hydrogens (primary N) is 1. The predicted octanol–water partition coefficient (Wildman–Crippen LogP) is 5.22. The molecule has 3 rings (SSSR count). The van der Waals surface area contributed by atoms with Gasteiger partial charge in [-0.1, -0.05) is 38.1 Å². The highest BCUT2D eigenvalue weighted by atomic mass is 32.2. The van der Waals surface area contributed by atoms with Gasteiger partial charge in [-0.15, -0.1) is 0 Å². The molecule has 0 spiro atoms. The molecule has 0 atom stereocenters. The van der Waals surface area contributed by atoms with Crippen LogP contribution in [0, 0.1) is 25.1 Å². The van der Waals surface area contributed by atoms with E-state index in [9.17, 15) is 4.39 Å². The van der Waals surface area contributed by atoms with Crippen LogP contribution in [0.15, 0.2) is 53.4 Å². The van der Waals surface area contributed by atoms with E-state index in [-0.39, 0.29) is 17.2 Å². The molecule has 5 nitrogen and oxygen atoms in total. The van der Waals surface area contributed by atoms with Gasteiger partial charge in [0, 0.05) is 29.6 Å². The Hall–Kier alpha value is -2.64. The molecule has 4 N–H and O–H groups in total. The number of benzene rings is 2. The minimum atomic E-state index is -0.233. The molecule has 3 aromatic rings. The van der Waals surface area contributed by atoms with Gasteiger partial charge in [0.2, 0.25) is 5.95 Å². The fraction of sp³-hybridized carbons (Fsp3) is 0.304. The lowest BCUT2D eigenvalue weighted by Crippen LogP contribution is -2.32. The topological polar surface area (TPSA) is 75.9 Å². The number of hydrogen-bond acceptors (Lipinski definition) is 6. The van der Waals surface area contributed by atoms with Crippen molar-refractivity contribution in [3.63, 3.8) is 0 Å². The van der Waals surface area contributed by atoms with E-state index in [1.807, 2.05) is 24.3 Å². The number of nitrogens with zero attached hydrogens (tertiary/aromatic N) is 2. The number of rotatable bonds is 8. The summed E-state index contributed by atoms with van der Waals surface area (Å²) in [6.45, 7) is 9.88. The lowest BCUT2D eigenvalue weighted by Gasteiger charge is -2.25. The van der Waals surface area contributed by atoms with Crippen molar-refractivity contribution in [3.05, 3.63) is 65.5 Å². The molecule has 0 amide bonds. The summed E-state index contributed by atoms with van der Waals surface area (Å²) < 4.78 is 16.6. The van der Waals surface area contributed by atoms with Crippen molar-refractivity contribution in [1.82, 2.24) is 14.7 Å². The zero-order chi connectivity index (χ0) is 21.7. The fourth-order valence-electron chi connectivity index (χ4n) is 2.96. The van der Waals surface area contributed by atoms with Gasteiger partial charge in [0.05, 0.1) is 5.69 Å². The summed E-state index contributed by atoms with van der Waals surface area (Å²) in [6.07, 6.45) is 0. The van der Waals surface area contributed by atoms with Gasteiger partial charge < -0.3 is 11.1 Å². The molecule has 158 valence electrons. The Morgan fingerprint density at radius 1 is 1.03 bits per heavy atom. The normalized spacial score (nSPS) is 11.5. The van der Waals surface area contributed by atoms with Gasteiger partial charge in [0.25, 0.3) is 0 Å². The number of anilines is 2. The van der Waals surface area contributed by atoms with Gasteiger partial charge in [-0.3, -0.25) is 4.72 Å². The molecule has 30 heavy (non-hydrogen) atoms. The minimum absolute atomic E-state index is 0.0700. The maximum atomic E-state index is 13.3. The molecule has 2 aromatic carbocycles. The van der Waals surface area contributed by atoms with Crippen LogP contribution in [0.2, 0.25) is 0 Å². The zero-order valence-electron chi connectivity index (χ0n) is 17.8. The Kier molecular flexibility index (Phi) is 6.95. The number of hydrogen-bond donors (Lipinski definition) is 3. The monoisotopic (exact) mass is 425 g/mol. The van der Waals surface area contributed by atoms with Crippen LogP contribution in [-0.4, -0.2) is 23.1 Å². The van der Waals surface area contributed by atoms with E-state index in [4.69, 9.17) is 5.73 Å². The highest BCUT2D eigenvalue weighted by Gasteiger charge is 2.18. The lowest BCUT2D eigenvalue weighted by molar-refractivity contribution is 0.394. The molecular weight excluding hydrogens is 397 g/mol. The Morgan fingerprint density at radius 2 is 1.80 bits per heavy atom. The largest absolute Gasteiger partial charge is 0.369 e. The van der Waals surface area contributed by atoms with Gasteiger partial charge in [-0.2, -0.15) is 4.98 Å². The maximum absolute atomic E-state index is 13.3. The number of aryl methyl sites for hydroxylation is 1. The molecule has 1 aromatic heterocycles. The van der Waals surface area contributed by atoms with Crippen LogP contribution in [0.3, 0.4) is 0 Å². The summed E-state index contributed by atoms with van der Waals surface area (Å²) in [5, 5.41) is 3.39. The predicted molar refractivity (Wildman–Crippen MR) is 124 cm³/mol. The molecule has 0 unspecified atom stereocenters. The fourth-order valence-corrected chi connectivity index (χ4v) is 3.91. The molecule has 0 saturated heterocycles. The molecule has 0 aliphatic rings. The molecule has 0 radical (unpaired) electrons. The molecular formula is C23H28FN5S. The van der Waals surface area contributed by atoms with E-state index >= 15 is 0 Å². The van der Waals surface area contributed by atoms with Gasteiger partial charge in [0.1, 0.15) is 11.6 Å². The van der Waals surface area contributed by atoms with Crippen molar-refractivity contribution < 1.29 is 4.39 Å². The van der Waals surface area contributed by atoms with Crippen molar-refractivity contribution in [1.29, 1.82) is 0 Å². The number of nitrogens with one attached hydrogen (secondary N) is 2. The van der Waals surface area contributed by atoms with Crippen molar-refractivity contribution in [2.24, 2.45) is 5.41 Å². The second-order valence-corrected chi connectivity index (χ2v) is 9.11. The van der Waals surface area contributed by atoms with E-state index in [1.54, 1.807) is 6.07 Å². The Bertz CT molecular complexity index is 1020. The summed E-state index contributed by atoms with van der Waals surface area (Å²) in [7, 11) is 0. The highest BCUT2D eigenvalue weighted by Crippen LogP contribution is 2.27. The SMILES string of the molecule is Cc1cccc(-c2cc(NCC(C)(C)CNSc3cccc(F)c3)nc(N)n2)c1C. The smallest absolute Gasteiger partial charge is 0.222 e. The Labute approximate surface area is 181 Å². The Balaban J connectivity index is 1.63. The van der Waals surface area contributed by atoms with Crippen LogP contribution in [-0.2, 0) is 0 Å². The number of halogens is 1. The third-order valence-corrected chi connectivity index (χ3v) is 5.69. The van der Waals surface area contributed by atoms with Gasteiger partial charge in [0.15, 0.2) is 0 Å². The van der Waals surface area contributed by atoms with Gasteiger partial charge in [-0.05, 0) is 60.5 Å². The van der Waals surface area contributed by atoms with Gasteiger partial charge in [-0.25, -0.2) is 9.37 Å². The third kappa shape index (κ3) is 5.93. The minimum Gasteiger partial charge on any atom is -0.369 e. The first-order chi connectivity index (χ1) is 14.2. The standard InChI is InChI=1S/C23H28FN5S/c1-15-7-5-10-19(16(15)2)20-12-21(29-22(25)28-20)26-13-23(3,4)14-27-30-18-9-6-8-17(24)11-18/h5-12,27H,13-14H2,1-4H3,(H3,25,26,28,29). The quantitative estimate of drug-likeness (QED) is 0.430. The molecule has 0 aliphatic carbocycles. The summed E-state index contributed by atoms with van der Waals surface area (Å²) in [5.74, 6) is 0.710. The van der Waals surface area contributed by atoms with Crippen molar-refractivity contribution >= 4 is 23.7 Å². The van der Waals surface area contributed by atoms with E-state index < -0.39 is 0 Å². The average Bonchev–Trinajstić information content (AvgIpc) is 2.68. The van der Waals surface area contributed by atoms with E-state index in [2.05, 4.69) is 53.8 Å². The summed E-state index contributed by atoms with van der Waals surface area (Å²) in [5.41, 5.74) is 10.2. The first-order valence-electron chi connectivity index (χ1n) is 9.84. The molecule has 0 saturated carbocycles. The summed E-state index contributed by atoms with van der Waals surface area (Å²) >= 11 is 1.42. The summed E-state index contributed by atoms with van der Waals surface area (Å²) in [4.78, 5) is 9.61. The second kappa shape index (κ2) is 9.45. The maximum Gasteiger partial charge on any atom is 0.222 e. The molecule has 0 aliphatic heterocycles. The zero-order valence-corrected chi connectivity index (χ0v) is 18.6. The molecule has 7 heteroatoms. The van der Waals surface area contributed by atoms with Crippen molar-refractivity contribution in [3.8, 4) is 11.3 Å². The molecule has 0 fully saturated rings. The van der Waals surface area contributed by atoms with Crippen LogP contribution in [0.5, 0.6) is 0 Å². The second-order valence-electron chi connectivity index (χ2n) is 8.14. The number of nitrogen functional groups attached to an aromatic ring is 1. The molecule has 1 heterocycles. The first-order valence-corrected chi connectivity index (χ1v) is 10.7. The first kappa shape index (κ1) is 22.1. The van der Waals surface area contributed by atoms with Crippen LogP contribution in [0.4, 0.5) is 16.2 Å². The molecule has 0 bridgehead atoms. The van der Waals surface area contributed by atoms with Crippen LogP contribution >= 0.6 is 11.9 Å². The average molecular weight is 426 g/mol. The van der Waals surface area contributed by atoms with Crippen LogP contribution in [0.25, 0.3) is 11.3 Å². The lowest BCUT2D eigenvalue weighted by atomic mass is 9.94. The van der Waals surface area contributed by atoms with E-state index in [0.29, 0.717) is 12.4 Å². The number of aromatic nitrogens is 2. The van der Waals surface area contributed by atoms with E-state index in [0.717, 1.165) is 22.7 Å². The summed E-state index contributed by atoms with van der Waals surface area (Å²) in [6, 6.07) is 14.6. The van der Waals surface area contributed by atoms with Gasteiger partial charge >= 0.3 is 0 Å². The highest BCUT2D eigenvalue weighted by molar-refractivity contribution is 7.97. The van der Waals surface area contributed by atoms with Crippen LogP contribution in [0.1, 0.15) is 25.0 Å². The third-order valence-electron chi connectivity index (χ3n) is 4.91. The van der Waals surface area contributed by atoms with Crippen molar-refractivity contribution in [2.75, 3.05) is 24.1 Å².